The van der Waals surface area contributed by atoms with Gasteiger partial charge in [0.15, 0.2) is 0 Å². The Labute approximate surface area is 87.5 Å². The van der Waals surface area contributed by atoms with Gasteiger partial charge >= 0.3 is 0 Å². The van der Waals surface area contributed by atoms with Crippen molar-refractivity contribution in [3.63, 3.8) is 0 Å². The molecule has 1 aliphatic heterocycles. The van der Waals surface area contributed by atoms with Gasteiger partial charge in [-0.15, -0.1) is 0 Å². The fourth-order valence-electron chi connectivity index (χ4n) is 1.32. The molecule has 1 aliphatic rings. The van der Waals surface area contributed by atoms with Crippen LogP contribution in [0.2, 0.25) is 0 Å². The molecule has 12 heavy (non-hydrogen) atoms. The van der Waals surface area contributed by atoms with Crippen LogP contribution in [-0.2, 0) is 4.84 Å². The average molecular weight is 285 g/mol. The van der Waals surface area contributed by atoms with Gasteiger partial charge in [0.1, 0.15) is 0 Å². The molecule has 4 nitrogen and oxygen atoms in total. The molecule has 0 unspecified atom stereocenters. The second-order valence-electron chi connectivity index (χ2n) is 2.98. The van der Waals surface area contributed by atoms with E-state index in [0.29, 0.717) is 6.61 Å². The highest BCUT2D eigenvalue weighted by Gasteiger charge is 2.13. The Morgan fingerprint density at radius 2 is 1.92 bits per heavy atom. The Balaban J connectivity index is 2.01. The molecule has 72 valence electrons. The summed E-state index contributed by atoms with van der Waals surface area (Å²) in [5.41, 5.74) is 0. The first-order chi connectivity index (χ1) is 5.83. The molecule has 0 aromatic heterocycles. The summed E-state index contributed by atoms with van der Waals surface area (Å²) in [7, 11) is 0. The van der Waals surface area contributed by atoms with Crippen molar-refractivity contribution in [2.75, 3.05) is 39.3 Å². The van der Waals surface area contributed by atoms with Crippen molar-refractivity contribution >= 4 is 22.9 Å². The Bertz CT molecular complexity index is 117. The molecule has 0 bridgehead atoms. The van der Waals surface area contributed by atoms with Gasteiger partial charge in [-0.2, -0.15) is 0 Å². The minimum atomic E-state index is 0.671. The van der Waals surface area contributed by atoms with Gasteiger partial charge in [0, 0.05) is 55.6 Å². The molecule has 0 aromatic carbocycles. The zero-order valence-corrected chi connectivity index (χ0v) is 9.37. The molecule has 0 spiro atoms. The van der Waals surface area contributed by atoms with E-state index in [1.54, 1.807) is 0 Å². The molecular formula is C7H16IN3O. The van der Waals surface area contributed by atoms with Gasteiger partial charge < -0.3 is 9.74 Å². The molecule has 0 saturated carbocycles. The van der Waals surface area contributed by atoms with E-state index in [1.165, 1.54) is 26.2 Å². The maximum absolute atomic E-state index is 4.94. The first-order valence-electron chi connectivity index (χ1n) is 4.27. The molecule has 0 amide bonds. The topological polar surface area (TPSA) is 41.7 Å². The average Bonchev–Trinajstić information content (AvgIpc) is 2.09. The number of hydrogen-bond donors (Lipinski definition) is 1. The van der Waals surface area contributed by atoms with Crippen LogP contribution in [0.1, 0.15) is 6.42 Å². The van der Waals surface area contributed by atoms with Crippen LogP contribution >= 0.6 is 22.9 Å². The van der Waals surface area contributed by atoms with E-state index in [2.05, 4.69) is 35.7 Å². The minimum absolute atomic E-state index is 0.671. The maximum Gasteiger partial charge on any atom is 0.0691 e. The van der Waals surface area contributed by atoms with Gasteiger partial charge in [-0.25, -0.2) is 9.01 Å². The van der Waals surface area contributed by atoms with Gasteiger partial charge in [0.05, 0.1) is 6.61 Å². The fraction of sp³-hybridized carbons (Fsp3) is 1.00. The third kappa shape index (κ3) is 3.99. The molecule has 5 heteroatoms. The van der Waals surface area contributed by atoms with Gasteiger partial charge in [-0.05, 0) is 6.42 Å². The summed E-state index contributed by atoms with van der Waals surface area (Å²) in [6, 6.07) is 0. The zero-order valence-electron chi connectivity index (χ0n) is 7.21. The number of hydrogen-bond acceptors (Lipinski definition) is 4. The standard InChI is InChI=1S/C7H16IN3O/c8-11-5-3-10(4-6-11)2-1-7-12-9/h1-7,9H2. The number of nitrogens with two attached hydrogens (primary N) is 1. The van der Waals surface area contributed by atoms with Crippen molar-refractivity contribution in [3.8, 4) is 0 Å². The van der Waals surface area contributed by atoms with Crippen LogP contribution in [0.3, 0.4) is 0 Å². The zero-order chi connectivity index (χ0) is 8.81. The summed E-state index contributed by atoms with van der Waals surface area (Å²) in [6.45, 7) is 6.47. The predicted octanol–water partition coefficient (Wildman–Crippen LogP) is 0.234. The molecule has 1 fully saturated rings. The molecule has 0 radical (unpaired) electrons. The predicted molar refractivity (Wildman–Crippen MR) is 56.8 cm³/mol. The van der Waals surface area contributed by atoms with Crippen molar-refractivity contribution in [2.24, 2.45) is 5.90 Å². The lowest BCUT2D eigenvalue weighted by Crippen LogP contribution is -2.42. The van der Waals surface area contributed by atoms with Crippen LogP contribution in [-0.4, -0.2) is 47.3 Å². The molecular weight excluding hydrogens is 269 g/mol. The third-order valence-electron chi connectivity index (χ3n) is 2.05. The smallest absolute Gasteiger partial charge is 0.0691 e. The third-order valence-corrected chi connectivity index (χ3v) is 3.02. The molecule has 1 heterocycles. The van der Waals surface area contributed by atoms with Crippen LogP contribution in [0.4, 0.5) is 0 Å². The number of halogens is 1. The summed E-state index contributed by atoms with van der Waals surface area (Å²) < 4.78 is 2.33. The summed E-state index contributed by atoms with van der Waals surface area (Å²) in [4.78, 5) is 6.97. The van der Waals surface area contributed by atoms with Crippen LogP contribution in [0.15, 0.2) is 0 Å². The van der Waals surface area contributed by atoms with Crippen molar-refractivity contribution in [1.82, 2.24) is 8.01 Å². The van der Waals surface area contributed by atoms with E-state index in [9.17, 15) is 0 Å². The molecule has 1 rings (SSSR count). The van der Waals surface area contributed by atoms with Gasteiger partial charge in [0.25, 0.3) is 0 Å². The van der Waals surface area contributed by atoms with Gasteiger partial charge in [0.2, 0.25) is 0 Å². The van der Waals surface area contributed by atoms with Crippen LogP contribution in [0, 0.1) is 0 Å². The van der Waals surface area contributed by atoms with Crippen LogP contribution in [0.25, 0.3) is 0 Å². The van der Waals surface area contributed by atoms with E-state index in [0.717, 1.165) is 13.0 Å². The largest absolute Gasteiger partial charge is 0.305 e. The molecule has 0 aliphatic carbocycles. The molecule has 2 N–H and O–H groups in total. The van der Waals surface area contributed by atoms with Gasteiger partial charge in [-0.1, -0.05) is 0 Å². The van der Waals surface area contributed by atoms with E-state index in [-0.39, 0.29) is 0 Å². The summed E-state index contributed by atoms with van der Waals surface area (Å²) in [6.07, 6.45) is 1.04. The van der Waals surface area contributed by atoms with Crippen molar-refractivity contribution in [1.29, 1.82) is 0 Å². The molecule has 1 saturated heterocycles. The van der Waals surface area contributed by atoms with Crippen molar-refractivity contribution < 1.29 is 4.84 Å². The Hall–Kier alpha value is 0.570. The fourth-order valence-corrected chi connectivity index (χ4v) is 1.75. The SMILES string of the molecule is NOCCCN1CCN(I)CC1. The first kappa shape index (κ1) is 10.6. The monoisotopic (exact) mass is 285 g/mol. The molecule has 0 atom stereocenters. The lowest BCUT2D eigenvalue weighted by Gasteiger charge is -2.30. The number of nitrogens with zero attached hydrogens (tertiary/aromatic N) is 2. The number of rotatable bonds is 4. The highest BCUT2D eigenvalue weighted by molar-refractivity contribution is 14.1. The maximum atomic E-state index is 4.94. The minimum Gasteiger partial charge on any atom is -0.305 e. The van der Waals surface area contributed by atoms with E-state index in [4.69, 9.17) is 5.90 Å². The Morgan fingerprint density at radius 1 is 1.25 bits per heavy atom. The Morgan fingerprint density at radius 3 is 2.50 bits per heavy atom. The lowest BCUT2D eigenvalue weighted by atomic mass is 10.3. The number of piperazine rings is 1. The van der Waals surface area contributed by atoms with E-state index < -0.39 is 0 Å². The second-order valence-corrected chi connectivity index (χ2v) is 4.34. The summed E-state index contributed by atoms with van der Waals surface area (Å²) >= 11 is 2.37. The van der Waals surface area contributed by atoms with Crippen molar-refractivity contribution in [2.45, 2.75) is 6.42 Å². The Kier molecular flexibility index (Phi) is 5.40. The highest BCUT2D eigenvalue weighted by Crippen LogP contribution is 2.06. The van der Waals surface area contributed by atoms with E-state index >= 15 is 0 Å². The first-order valence-corrected chi connectivity index (χ1v) is 5.24. The van der Waals surface area contributed by atoms with Crippen LogP contribution < -0.4 is 5.90 Å². The van der Waals surface area contributed by atoms with E-state index in [1.807, 2.05) is 0 Å². The highest BCUT2D eigenvalue weighted by atomic mass is 127. The van der Waals surface area contributed by atoms with Crippen molar-refractivity contribution in [3.05, 3.63) is 0 Å². The molecule has 0 aromatic rings. The summed E-state index contributed by atoms with van der Waals surface area (Å²) in [5, 5.41) is 0. The van der Waals surface area contributed by atoms with Gasteiger partial charge in [-0.3, -0.25) is 0 Å². The second kappa shape index (κ2) is 6.09. The summed E-state index contributed by atoms with van der Waals surface area (Å²) in [5.74, 6) is 4.94. The normalized spacial score (nSPS) is 21.5. The lowest BCUT2D eigenvalue weighted by molar-refractivity contribution is 0.117. The van der Waals surface area contributed by atoms with Crippen LogP contribution in [0.5, 0.6) is 0 Å². The quantitative estimate of drug-likeness (QED) is 0.348.